The SMILES string of the molecule is CN1CCN(C(=O)COC(=O)c2ccc(Br)c(N)c2)CC1. The number of piperazine rings is 1. The van der Waals surface area contributed by atoms with E-state index < -0.39 is 5.97 Å². The summed E-state index contributed by atoms with van der Waals surface area (Å²) in [4.78, 5) is 27.7. The van der Waals surface area contributed by atoms with E-state index in [9.17, 15) is 9.59 Å². The van der Waals surface area contributed by atoms with E-state index in [0.717, 1.165) is 13.1 Å². The minimum atomic E-state index is -0.545. The summed E-state index contributed by atoms with van der Waals surface area (Å²) >= 11 is 3.26. The molecule has 6 nitrogen and oxygen atoms in total. The molecule has 2 N–H and O–H groups in total. The number of halogens is 1. The summed E-state index contributed by atoms with van der Waals surface area (Å²) in [5, 5.41) is 0. The molecule has 1 amide bonds. The topological polar surface area (TPSA) is 75.9 Å². The molecule has 21 heavy (non-hydrogen) atoms. The van der Waals surface area contributed by atoms with E-state index in [1.807, 2.05) is 7.05 Å². The predicted molar refractivity (Wildman–Crippen MR) is 82.9 cm³/mol. The van der Waals surface area contributed by atoms with Crippen molar-refractivity contribution in [1.29, 1.82) is 0 Å². The highest BCUT2D eigenvalue weighted by Gasteiger charge is 2.20. The zero-order chi connectivity index (χ0) is 15.4. The number of hydrogen-bond acceptors (Lipinski definition) is 5. The van der Waals surface area contributed by atoms with Gasteiger partial charge in [-0.3, -0.25) is 4.79 Å². The Morgan fingerprint density at radius 1 is 1.29 bits per heavy atom. The second-order valence-electron chi connectivity index (χ2n) is 5.00. The fourth-order valence-electron chi connectivity index (χ4n) is 2.03. The zero-order valence-corrected chi connectivity index (χ0v) is 13.4. The molecular weight excluding hydrogens is 338 g/mol. The third-order valence-electron chi connectivity index (χ3n) is 3.41. The molecule has 1 aliphatic rings. The van der Waals surface area contributed by atoms with E-state index in [1.54, 1.807) is 17.0 Å². The van der Waals surface area contributed by atoms with Gasteiger partial charge < -0.3 is 20.3 Å². The van der Waals surface area contributed by atoms with Gasteiger partial charge in [-0.1, -0.05) is 0 Å². The lowest BCUT2D eigenvalue weighted by atomic mass is 10.2. The van der Waals surface area contributed by atoms with Crippen LogP contribution in [0.4, 0.5) is 5.69 Å². The number of carbonyl (C=O) groups excluding carboxylic acids is 2. The van der Waals surface area contributed by atoms with Crippen LogP contribution < -0.4 is 5.73 Å². The van der Waals surface area contributed by atoms with Crippen LogP contribution in [0.25, 0.3) is 0 Å². The van der Waals surface area contributed by atoms with E-state index in [1.165, 1.54) is 6.07 Å². The first-order valence-corrected chi connectivity index (χ1v) is 7.45. The smallest absolute Gasteiger partial charge is 0.338 e. The standard InChI is InChI=1S/C14H18BrN3O3/c1-17-4-6-18(7-5-17)13(19)9-21-14(20)10-2-3-11(15)12(16)8-10/h2-3,8H,4-7,9,16H2,1H3. The Hall–Kier alpha value is -1.60. The van der Waals surface area contributed by atoms with Crippen molar-refractivity contribution in [2.24, 2.45) is 0 Å². The average Bonchev–Trinajstić information content (AvgIpc) is 2.48. The van der Waals surface area contributed by atoms with E-state index in [0.29, 0.717) is 28.8 Å². The Bertz CT molecular complexity index is 542. The summed E-state index contributed by atoms with van der Waals surface area (Å²) in [7, 11) is 2.01. The van der Waals surface area contributed by atoms with Gasteiger partial charge in [0.2, 0.25) is 0 Å². The number of nitrogen functional groups attached to an aromatic ring is 1. The molecule has 0 atom stereocenters. The molecule has 2 rings (SSSR count). The number of esters is 1. The first kappa shape index (κ1) is 15.8. The van der Waals surface area contributed by atoms with Gasteiger partial charge >= 0.3 is 5.97 Å². The van der Waals surface area contributed by atoms with Gasteiger partial charge in [-0.2, -0.15) is 0 Å². The van der Waals surface area contributed by atoms with Crippen molar-refractivity contribution < 1.29 is 14.3 Å². The zero-order valence-electron chi connectivity index (χ0n) is 11.8. The van der Waals surface area contributed by atoms with Gasteiger partial charge in [0.25, 0.3) is 5.91 Å². The highest BCUT2D eigenvalue weighted by molar-refractivity contribution is 9.10. The molecule has 0 saturated carbocycles. The molecule has 1 saturated heterocycles. The Balaban J connectivity index is 1.86. The lowest BCUT2D eigenvalue weighted by Crippen LogP contribution is -2.48. The van der Waals surface area contributed by atoms with Crippen molar-refractivity contribution in [1.82, 2.24) is 9.80 Å². The van der Waals surface area contributed by atoms with Crippen LogP contribution in [0.2, 0.25) is 0 Å². The third kappa shape index (κ3) is 4.18. The van der Waals surface area contributed by atoms with Gasteiger partial charge in [0, 0.05) is 36.3 Å². The second-order valence-corrected chi connectivity index (χ2v) is 5.85. The quantitative estimate of drug-likeness (QED) is 0.645. The minimum Gasteiger partial charge on any atom is -0.452 e. The molecule has 1 aromatic rings. The largest absolute Gasteiger partial charge is 0.452 e. The summed E-state index contributed by atoms with van der Waals surface area (Å²) in [6, 6.07) is 4.80. The third-order valence-corrected chi connectivity index (χ3v) is 4.14. The van der Waals surface area contributed by atoms with Crippen LogP contribution in [-0.4, -0.2) is 61.5 Å². The Labute approximate surface area is 132 Å². The molecule has 0 aromatic heterocycles. The number of rotatable bonds is 3. The monoisotopic (exact) mass is 355 g/mol. The number of benzene rings is 1. The summed E-state index contributed by atoms with van der Waals surface area (Å²) in [6.45, 7) is 2.76. The van der Waals surface area contributed by atoms with Crippen LogP contribution in [0.5, 0.6) is 0 Å². The maximum atomic E-state index is 12.0. The Morgan fingerprint density at radius 2 is 1.95 bits per heavy atom. The van der Waals surface area contributed by atoms with Gasteiger partial charge in [-0.15, -0.1) is 0 Å². The van der Waals surface area contributed by atoms with E-state index in [-0.39, 0.29) is 12.5 Å². The number of hydrogen-bond donors (Lipinski definition) is 1. The van der Waals surface area contributed by atoms with Crippen molar-refractivity contribution in [3.63, 3.8) is 0 Å². The first-order chi connectivity index (χ1) is 9.97. The number of anilines is 1. The molecule has 1 fully saturated rings. The van der Waals surface area contributed by atoms with Crippen LogP contribution in [0.1, 0.15) is 10.4 Å². The number of nitrogens with zero attached hydrogens (tertiary/aromatic N) is 2. The summed E-state index contributed by atoms with van der Waals surface area (Å²) < 4.78 is 5.77. The summed E-state index contributed by atoms with van der Waals surface area (Å²) in [5.41, 5.74) is 6.50. The Kier molecular flexibility index (Phi) is 5.19. The first-order valence-electron chi connectivity index (χ1n) is 6.66. The average molecular weight is 356 g/mol. The molecule has 114 valence electrons. The molecule has 1 heterocycles. The lowest BCUT2D eigenvalue weighted by Gasteiger charge is -2.32. The van der Waals surface area contributed by atoms with Crippen LogP contribution in [0.3, 0.4) is 0 Å². The van der Waals surface area contributed by atoms with E-state index in [4.69, 9.17) is 10.5 Å². The van der Waals surface area contributed by atoms with Crippen molar-refractivity contribution in [3.05, 3.63) is 28.2 Å². The number of nitrogens with two attached hydrogens (primary N) is 1. The number of amides is 1. The predicted octanol–water partition coefficient (Wildman–Crippen LogP) is 0.962. The summed E-state index contributed by atoms with van der Waals surface area (Å²) in [5.74, 6) is -0.710. The minimum absolute atomic E-state index is 0.165. The van der Waals surface area contributed by atoms with Gasteiger partial charge in [0.05, 0.1) is 5.56 Å². The fourth-order valence-corrected chi connectivity index (χ4v) is 2.28. The lowest BCUT2D eigenvalue weighted by molar-refractivity contribution is -0.136. The molecule has 0 radical (unpaired) electrons. The van der Waals surface area contributed by atoms with Crippen LogP contribution in [0.15, 0.2) is 22.7 Å². The normalized spacial score (nSPS) is 15.8. The van der Waals surface area contributed by atoms with Gasteiger partial charge in [-0.05, 0) is 41.2 Å². The molecule has 1 aliphatic heterocycles. The molecule has 0 aliphatic carbocycles. The highest BCUT2D eigenvalue weighted by atomic mass is 79.9. The maximum absolute atomic E-state index is 12.0. The van der Waals surface area contributed by atoms with Gasteiger partial charge in [0.15, 0.2) is 6.61 Å². The van der Waals surface area contributed by atoms with Gasteiger partial charge in [0.1, 0.15) is 0 Å². The molecule has 0 spiro atoms. The number of carbonyl (C=O) groups is 2. The van der Waals surface area contributed by atoms with E-state index in [2.05, 4.69) is 20.8 Å². The Morgan fingerprint density at radius 3 is 2.57 bits per heavy atom. The van der Waals surface area contributed by atoms with Crippen LogP contribution >= 0.6 is 15.9 Å². The second kappa shape index (κ2) is 6.91. The van der Waals surface area contributed by atoms with Crippen molar-refractivity contribution in [2.75, 3.05) is 45.6 Å². The number of likely N-dealkylation sites (N-methyl/N-ethyl adjacent to an activating group) is 1. The molecule has 0 unspecified atom stereocenters. The molecule has 1 aromatic carbocycles. The van der Waals surface area contributed by atoms with Gasteiger partial charge in [-0.25, -0.2) is 4.79 Å². The van der Waals surface area contributed by atoms with Crippen molar-refractivity contribution in [3.8, 4) is 0 Å². The van der Waals surface area contributed by atoms with Crippen molar-refractivity contribution >= 4 is 33.5 Å². The molecular formula is C14H18BrN3O3. The van der Waals surface area contributed by atoms with Crippen LogP contribution in [-0.2, 0) is 9.53 Å². The fraction of sp³-hybridized carbons (Fsp3) is 0.429. The van der Waals surface area contributed by atoms with Crippen molar-refractivity contribution in [2.45, 2.75) is 0 Å². The summed E-state index contributed by atoms with van der Waals surface area (Å²) in [6.07, 6.45) is 0. The maximum Gasteiger partial charge on any atom is 0.338 e. The van der Waals surface area contributed by atoms with Crippen LogP contribution in [0, 0.1) is 0 Å². The highest BCUT2D eigenvalue weighted by Crippen LogP contribution is 2.20. The number of ether oxygens (including phenoxy) is 1. The molecule has 0 bridgehead atoms. The molecule has 7 heteroatoms. The van der Waals surface area contributed by atoms with E-state index >= 15 is 0 Å².